The Morgan fingerprint density at radius 2 is 0.781 bits per heavy atom. The zero-order valence-electron chi connectivity index (χ0n) is 17.1. The normalized spacial score (nSPS) is 11.2. The van der Waals surface area contributed by atoms with Gasteiger partial charge in [0.25, 0.3) is 0 Å². The molecule has 0 fully saturated rings. The van der Waals surface area contributed by atoms with Crippen molar-refractivity contribution in [3.63, 3.8) is 0 Å². The number of nitrogens with two attached hydrogens (primary N) is 4. The Morgan fingerprint density at radius 3 is 1.06 bits per heavy atom. The number of hydrogen-bond donors (Lipinski definition) is 8. The largest absolute Gasteiger partial charge is 0.384 e. The minimum atomic E-state index is -0.0740. The van der Waals surface area contributed by atoms with Crippen molar-refractivity contribution in [3.05, 3.63) is 82.9 Å². The van der Waals surface area contributed by atoms with E-state index in [9.17, 15) is 0 Å². The van der Waals surface area contributed by atoms with Gasteiger partial charge in [-0.05, 0) is 27.3 Å². The van der Waals surface area contributed by atoms with Crippen LogP contribution in [0.2, 0.25) is 0 Å². The summed E-state index contributed by atoms with van der Waals surface area (Å²) in [6.07, 6.45) is 0. The van der Waals surface area contributed by atoms with Gasteiger partial charge in [-0.3, -0.25) is 21.6 Å². The average molecular weight is 462 g/mol. The Labute approximate surface area is 189 Å². The highest BCUT2D eigenvalue weighted by atomic mass is 31.1. The first-order chi connectivity index (χ1) is 15.2. The summed E-state index contributed by atoms with van der Waals surface area (Å²) >= 11 is 0. The van der Waals surface area contributed by atoms with E-state index >= 15 is 0 Å². The lowest BCUT2D eigenvalue weighted by atomic mass is 10.1. The molecule has 0 amide bonds. The maximum atomic E-state index is 7.91. The maximum absolute atomic E-state index is 7.91. The fourth-order valence-corrected chi connectivity index (χ4v) is 6.18. The van der Waals surface area contributed by atoms with Gasteiger partial charge in [-0.1, -0.05) is 71.8 Å². The van der Waals surface area contributed by atoms with Crippen molar-refractivity contribution in [3.8, 4) is 0 Å². The third-order valence-electron chi connectivity index (χ3n) is 4.69. The van der Waals surface area contributed by atoms with Gasteiger partial charge in [-0.2, -0.15) is 0 Å². The molecule has 2 atom stereocenters. The Morgan fingerprint density at radius 1 is 0.500 bits per heavy atom. The van der Waals surface area contributed by atoms with Crippen LogP contribution in [0.4, 0.5) is 0 Å². The quantitative estimate of drug-likeness (QED) is 0.133. The van der Waals surface area contributed by atoms with Crippen molar-refractivity contribution in [2.45, 2.75) is 0 Å². The molecule has 0 aliphatic carbocycles. The van der Waals surface area contributed by atoms with Crippen LogP contribution in [0, 0.1) is 21.6 Å². The summed E-state index contributed by atoms with van der Waals surface area (Å²) in [6.45, 7) is 0. The number of benzene rings is 3. The monoisotopic (exact) mass is 462 g/mol. The summed E-state index contributed by atoms with van der Waals surface area (Å²) in [5, 5.41) is 35.1. The van der Waals surface area contributed by atoms with Crippen LogP contribution in [0.15, 0.2) is 60.7 Å². The first-order valence-electron chi connectivity index (χ1n) is 9.46. The van der Waals surface area contributed by atoms with Gasteiger partial charge in [0.2, 0.25) is 0 Å². The molecule has 3 rings (SSSR count). The molecule has 8 nitrogen and oxygen atoms in total. The summed E-state index contributed by atoms with van der Waals surface area (Å²) < 4.78 is 0. The van der Waals surface area contributed by atoms with Crippen molar-refractivity contribution < 1.29 is 0 Å². The number of hydrogen-bond acceptors (Lipinski definition) is 4. The van der Waals surface area contributed by atoms with E-state index in [2.05, 4.69) is 0 Å². The van der Waals surface area contributed by atoms with Gasteiger partial charge in [0.15, 0.2) is 0 Å². The van der Waals surface area contributed by atoms with Crippen LogP contribution >= 0.6 is 17.2 Å². The zero-order chi connectivity index (χ0) is 23.4. The molecule has 2 unspecified atom stereocenters. The standard InChI is InChI=1S/C22H24N8P2/c23-19(24)13-6-2-7-14(20(25)26)17(13)31-11-4-1-5-12(10-11)32-18-15(21(27)28)8-3-9-16(18)22(29)30/h1-10,31-32H,(H3,23,24)(H3,25,26)(H3,27,28)(H3,29,30). The molecule has 0 aliphatic heterocycles. The van der Waals surface area contributed by atoms with E-state index in [1.54, 1.807) is 36.4 Å². The van der Waals surface area contributed by atoms with Crippen molar-refractivity contribution in [1.29, 1.82) is 21.6 Å². The average Bonchev–Trinajstić information content (AvgIpc) is 2.73. The minimum absolute atomic E-state index is 0.0740. The minimum Gasteiger partial charge on any atom is -0.384 e. The van der Waals surface area contributed by atoms with Crippen LogP contribution in [0.1, 0.15) is 22.3 Å². The zero-order valence-corrected chi connectivity index (χ0v) is 19.1. The van der Waals surface area contributed by atoms with E-state index in [4.69, 9.17) is 44.6 Å². The van der Waals surface area contributed by atoms with E-state index in [1.807, 2.05) is 24.3 Å². The lowest BCUT2D eigenvalue weighted by Crippen LogP contribution is -2.29. The van der Waals surface area contributed by atoms with Crippen molar-refractivity contribution in [2.75, 3.05) is 0 Å². The molecule has 0 heterocycles. The second kappa shape index (κ2) is 9.69. The molecular weight excluding hydrogens is 438 g/mol. The van der Waals surface area contributed by atoms with Crippen LogP contribution in [0.25, 0.3) is 0 Å². The summed E-state index contributed by atoms with van der Waals surface area (Å²) in [5.74, 6) is -0.296. The lowest BCUT2D eigenvalue weighted by molar-refractivity contribution is 1.41. The van der Waals surface area contributed by atoms with Gasteiger partial charge in [-0.25, -0.2) is 0 Å². The van der Waals surface area contributed by atoms with Crippen molar-refractivity contribution in [1.82, 2.24) is 0 Å². The van der Waals surface area contributed by atoms with Gasteiger partial charge in [0.05, 0.1) is 0 Å². The fraction of sp³-hybridized carbons (Fsp3) is 0. The molecule has 0 radical (unpaired) electrons. The van der Waals surface area contributed by atoms with Gasteiger partial charge in [0, 0.05) is 22.3 Å². The maximum Gasteiger partial charge on any atom is 0.123 e. The van der Waals surface area contributed by atoms with E-state index in [0.717, 1.165) is 21.2 Å². The Balaban J connectivity index is 2.03. The molecule has 162 valence electrons. The van der Waals surface area contributed by atoms with Crippen molar-refractivity contribution >= 4 is 61.7 Å². The highest BCUT2D eigenvalue weighted by molar-refractivity contribution is 7.57. The Bertz CT molecular complexity index is 1100. The summed E-state index contributed by atoms with van der Waals surface area (Å²) in [4.78, 5) is 0. The number of nitrogens with one attached hydrogen (secondary N) is 4. The molecule has 3 aromatic rings. The molecule has 12 N–H and O–H groups in total. The van der Waals surface area contributed by atoms with E-state index in [-0.39, 0.29) is 40.5 Å². The smallest absolute Gasteiger partial charge is 0.123 e. The molecule has 32 heavy (non-hydrogen) atoms. The molecule has 10 heteroatoms. The summed E-state index contributed by atoms with van der Waals surface area (Å²) in [5.41, 5.74) is 25.3. The second-order valence-electron chi connectivity index (χ2n) is 6.94. The van der Waals surface area contributed by atoms with E-state index in [0.29, 0.717) is 22.3 Å². The molecule has 0 aliphatic rings. The first kappa shape index (κ1) is 23.1. The topological polar surface area (TPSA) is 199 Å². The van der Waals surface area contributed by atoms with Crippen LogP contribution in [-0.2, 0) is 0 Å². The van der Waals surface area contributed by atoms with Crippen LogP contribution in [-0.4, -0.2) is 23.3 Å². The second-order valence-corrected chi connectivity index (χ2v) is 9.60. The summed E-state index contributed by atoms with van der Waals surface area (Å²) in [6, 6.07) is 18.4. The number of amidine groups is 4. The fourth-order valence-electron chi connectivity index (χ4n) is 3.24. The SMILES string of the molecule is N=C(N)c1cccc(C(=N)N)c1Pc1cccc(Pc2c(C(=N)N)cccc2C(=N)N)c1. The predicted molar refractivity (Wildman–Crippen MR) is 139 cm³/mol. The third-order valence-corrected chi connectivity index (χ3v) is 7.47. The van der Waals surface area contributed by atoms with Gasteiger partial charge in [-0.15, -0.1) is 0 Å². The van der Waals surface area contributed by atoms with Crippen LogP contribution < -0.4 is 44.2 Å². The molecule has 0 saturated carbocycles. The molecular formula is C22H24N8P2. The van der Waals surface area contributed by atoms with Gasteiger partial charge >= 0.3 is 0 Å². The summed E-state index contributed by atoms with van der Waals surface area (Å²) in [7, 11) is 0.262. The lowest BCUT2D eigenvalue weighted by Gasteiger charge is -2.16. The van der Waals surface area contributed by atoms with Gasteiger partial charge < -0.3 is 22.9 Å². The third kappa shape index (κ3) is 4.99. The van der Waals surface area contributed by atoms with Gasteiger partial charge in [0.1, 0.15) is 23.3 Å². The number of rotatable bonds is 8. The Kier molecular flexibility index (Phi) is 6.98. The highest BCUT2D eigenvalue weighted by Gasteiger charge is 2.16. The molecule has 0 aromatic heterocycles. The van der Waals surface area contributed by atoms with E-state index < -0.39 is 0 Å². The highest BCUT2D eigenvalue weighted by Crippen LogP contribution is 2.20. The number of nitrogen functional groups attached to an aromatic ring is 4. The van der Waals surface area contributed by atoms with Crippen molar-refractivity contribution in [2.24, 2.45) is 22.9 Å². The predicted octanol–water partition coefficient (Wildman–Crippen LogP) is 0.0815. The Hall–Kier alpha value is -3.60. The first-order valence-corrected chi connectivity index (χ1v) is 11.5. The molecule has 3 aromatic carbocycles. The van der Waals surface area contributed by atoms with E-state index in [1.165, 1.54) is 0 Å². The molecule has 0 spiro atoms. The molecule has 0 bridgehead atoms. The van der Waals surface area contributed by atoms with Crippen LogP contribution in [0.3, 0.4) is 0 Å². The molecule has 0 saturated heterocycles. The van der Waals surface area contributed by atoms with Crippen LogP contribution in [0.5, 0.6) is 0 Å².